The number of phenols is 1. The Morgan fingerprint density at radius 2 is 2.00 bits per heavy atom. The molecule has 3 N–H and O–H groups in total. The van der Waals surface area contributed by atoms with Crippen LogP contribution in [0, 0.1) is 0 Å². The molecule has 1 aromatic carbocycles. The third-order valence-corrected chi connectivity index (χ3v) is 5.72. The summed E-state index contributed by atoms with van der Waals surface area (Å²) in [5, 5.41) is 16.6. The van der Waals surface area contributed by atoms with Crippen LogP contribution in [0.1, 0.15) is 66.8 Å². The highest BCUT2D eigenvalue weighted by Gasteiger charge is 2.51. The van der Waals surface area contributed by atoms with Crippen LogP contribution >= 0.6 is 0 Å². The molecular formula is C18H24N2O2. The van der Waals surface area contributed by atoms with Crippen molar-refractivity contribution >= 4 is 5.91 Å². The van der Waals surface area contributed by atoms with Crippen molar-refractivity contribution in [2.45, 2.75) is 62.4 Å². The minimum absolute atomic E-state index is 0.0744. The van der Waals surface area contributed by atoms with Gasteiger partial charge in [0.15, 0.2) is 0 Å². The van der Waals surface area contributed by atoms with Crippen LogP contribution in [0.4, 0.5) is 0 Å². The highest BCUT2D eigenvalue weighted by atomic mass is 16.3. The Morgan fingerprint density at radius 3 is 2.68 bits per heavy atom. The Kier molecular flexibility index (Phi) is 3.37. The number of rotatable bonds is 3. The van der Waals surface area contributed by atoms with Crippen molar-refractivity contribution in [3.63, 3.8) is 0 Å². The second-order valence-electron chi connectivity index (χ2n) is 7.33. The van der Waals surface area contributed by atoms with Crippen molar-refractivity contribution in [3.05, 3.63) is 29.3 Å². The molecule has 0 unspecified atom stereocenters. The minimum atomic E-state index is -0.127. The average Bonchev–Trinajstić information content (AvgIpc) is 3.08. The van der Waals surface area contributed by atoms with Crippen LogP contribution in [0.25, 0.3) is 0 Å². The summed E-state index contributed by atoms with van der Waals surface area (Å²) in [6.07, 6.45) is 8.28. The first-order valence-electron chi connectivity index (χ1n) is 8.54. The van der Waals surface area contributed by atoms with Gasteiger partial charge in [-0.3, -0.25) is 4.79 Å². The molecule has 4 fully saturated rings. The van der Waals surface area contributed by atoms with E-state index in [9.17, 15) is 9.90 Å². The van der Waals surface area contributed by atoms with Crippen molar-refractivity contribution in [2.24, 2.45) is 0 Å². The zero-order valence-corrected chi connectivity index (χ0v) is 12.9. The van der Waals surface area contributed by atoms with Gasteiger partial charge in [-0.25, -0.2) is 0 Å². The predicted molar refractivity (Wildman–Crippen MR) is 85.2 cm³/mol. The number of fused-ring (bicyclic) bond motifs is 1. The van der Waals surface area contributed by atoms with Crippen molar-refractivity contribution in [2.75, 3.05) is 6.54 Å². The van der Waals surface area contributed by atoms with Gasteiger partial charge in [-0.2, -0.15) is 0 Å². The summed E-state index contributed by atoms with van der Waals surface area (Å²) in [5.41, 5.74) is 1.57. The summed E-state index contributed by atoms with van der Waals surface area (Å²) in [7, 11) is 0. The molecule has 2 aliphatic heterocycles. The fourth-order valence-electron chi connectivity index (χ4n) is 4.39. The highest BCUT2D eigenvalue weighted by molar-refractivity contribution is 5.97. The molecule has 0 atom stereocenters. The van der Waals surface area contributed by atoms with E-state index in [0.717, 1.165) is 19.4 Å². The molecule has 2 saturated heterocycles. The predicted octanol–water partition coefficient (Wildman–Crippen LogP) is 2.67. The molecule has 1 amide bonds. The maximum absolute atomic E-state index is 12.6. The number of carbonyl (C=O) groups excluding carboxylic acids is 1. The number of amides is 1. The largest absolute Gasteiger partial charge is 0.507 e. The number of phenolic OH excluding ortho intramolecular Hbond substituents is 1. The van der Waals surface area contributed by atoms with Gasteiger partial charge in [-0.15, -0.1) is 0 Å². The molecule has 4 aliphatic rings. The number of hydrogen-bond acceptors (Lipinski definition) is 3. The van der Waals surface area contributed by atoms with Crippen LogP contribution in [0.5, 0.6) is 5.75 Å². The maximum atomic E-state index is 12.6. The van der Waals surface area contributed by atoms with Crippen molar-refractivity contribution < 1.29 is 9.90 Å². The standard InChI is InChI=1S/C18H24N2O2/c21-16-7-6-13(12-4-2-1-3-5-12)8-15(16)17(22)20-18-9-14(10-18)19-11-18/h6-8,12,14,19,21H,1-5,9-11H2,(H,20,22). The number of hydrogen-bond donors (Lipinski definition) is 3. The van der Waals surface area contributed by atoms with E-state index in [-0.39, 0.29) is 17.2 Å². The molecule has 2 saturated carbocycles. The Labute approximate surface area is 131 Å². The monoisotopic (exact) mass is 300 g/mol. The number of carbonyl (C=O) groups is 1. The number of nitrogens with one attached hydrogen (secondary N) is 2. The molecule has 4 nitrogen and oxygen atoms in total. The molecule has 118 valence electrons. The van der Waals surface area contributed by atoms with E-state index in [2.05, 4.69) is 10.6 Å². The second kappa shape index (κ2) is 5.27. The molecule has 2 aliphatic carbocycles. The van der Waals surface area contributed by atoms with Crippen LogP contribution in [0.2, 0.25) is 0 Å². The fourth-order valence-corrected chi connectivity index (χ4v) is 4.39. The van der Waals surface area contributed by atoms with E-state index >= 15 is 0 Å². The second-order valence-corrected chi connectivity index (χ2v) is 7.33. The summed E-state index contributed by atoms with van der Waals surface area (Å²) < 4.78 is 0. The van der Waals surface area contributed by atoms with E-state index in [0.29, 0.717) is 17.5 Å². The third kappa shape index (κ3) is 2.39. The van der Waals surface area contributed by atoms with Gasteiger partial charge in [-0.05, 0) is 49.3 Å². The number of aromatic hydroxyl groups is 1. The summed E-state index contributed by atoms with van der Waals surface area (Å²) in [5.74, 6) is 0.507. The first-order chi connectivity index (χ1) is 10.7. The van der Waals surface area contributed by atoms with Gasteiger partial charge in [0.2, 0.25) is 0 Å². The topological polar surface area (TPSA) is 61.4 Å². The van der Waals surface area contributed by atoms with Crippen molar-refractivity contribution in [1.82, 2.24) is 10.6 Å². The quantitative estimate of drug-likeness (QED) is 0.804. The SMILES string of the molecule is O=C(NC12CNC(C1)C2)c1cc(C2CCCCC2)ccc1O. The van der Waals surface area contributed by atoms with E-state index in [1.807, 2.05) is 12.1 Å². The van der Waals surface area contributed by atoms with Crippen LogP contribution < -0.4 is 10.6 Å². The first kappa shape index (κ1) is 14.1. The lowest BCUT2D eigenvalue weighted by Crippen LogP contribution is -2.55. The van der Waals surface area contributed by atoms with E-state index in [1.54, 1.807) is 6.07 Å². The molecule has 0 radical (unpaired) electrons. The molecule has 2 heterocycles. The van der Waals surface area contributed by atoms with Gasteiger partial charge < -0.3 is 15.7 Å². The minimum Gasteiger partial charge on any atom is -0.507 e. The van der Waals surface area contributed by atoms with Gasteiger partial charge >= 0.3 is 0 Å². The van der Waals surface area contributed by atoms with Crippen LogP contribution in [0.15, 0.2) is 18.2 Å². The zero-order chi connectivity index (χ0) is 15.2. The normalized spacial score (nSPS) is 30.8. The molecule has 1 aromatic rings. The van der Waals surface area contributed by atoms with E-state index < -0.39 is 0 Å². The van der Waals surface area contributed by atoms with Gasteiger partial charge in [0, 0.05) is 12.6 Å². The molecule has 22 heavy (non-hydrogen) atoms. The summed E-state index contributed by atoms with van der Waals surface area (Å²) in [6.45, 7) is 0.854. The molecular weight excluding hydrogens is 276 g/mol. The molecule has 4 heteroatoms. The summed E-state index contributed by atoms with van der Waals surface area (Å²) in [6, 6.07) is 6.15. The molecule has 0 spiro atoms. The van der Waals surface area contributed by atoms with Crippen molar-refractivity contribution in [1.29, 1.82) is 0 Å². The van der Waals surface area contributed by atoms with E-state index in [1.165, 1.54) is 37.7 Å². The Bertz CT molecular complexity index is 581. The lowest BCUT2D eigenvalue weighted by Gasteiger charge is -2.37. The lowest BCUT2D eigenvalue weighted by atomic mass is 9.78. The maximum Gasteiger partial charge on any atom is 0.255 e. The van der Waals surface area contributed by atoms with Gasteiger partial charge in [0.25, 0.3) is 5.91 Å². The summed E-state index contributed by atoms with van der Waals surface area (Å²) >= 11 is 0. The van der Waals surface area contributed by atoms with Crippen LogP contribution in [-0.4, -0.2) is 29.1 Å². The summed E-state index contributed by atoms with van der Waals surface area (Å²) in [4.78, 5) is 12.6. The fraction of sp³-hybridized carbons (Fsp3) is 0.611. The lowest BCUT2D eigenvalue weighted by molar-refractivity contribution is 0.0869. The van der Waals surface area contributed by atoms with Crippen LogP contribution in [0.3, 0.4) is 0 Å². The van der Waals surface area contributed by atoms with Gasteiger partial charge in [0.1, 0.15) is 5.75 Å². The van der Waals surface area contributed by atoms with Gasteiger partial charge in [-0.1, -0.05) is 25.3 Å². The number of benzene rings is 1. The molecule has 2 bridgehead atoms. The molecule has 5 rings (SSSR count). The Hall–Kier alpha value is -1.55. The smallest absolute Gasteiger partial charge is 0.255 e. The Balaban J connectivity index is 1.53. The zero-order valence-electron chi connectivity index (χ0n) is 12.9. The first-order valence-corrected chi connectivity index (χ1v) is 8.54. The average molecular weight is 300 g/mol. The highest BCUT2D eigenvalue weighted by Crippen LogP contribution is 2.39. The third-order valence-electron chi connectivity index (χ3n) is 5.72. The van der Waals surface area contributed by atoms with E-state index in [4.69, 9.17) is 0 Å². The Morgan fingerprint density at radius 1 is 1.23 bits per heavy atom. The van der Waals surface area contributed by atoms with Crippen molar-refractivity contribution in [3.8, 4) is 5.75 Å². The molecule has 0 aromatic heterocycles. The van der Waals surface area contributed by atoms with Crippen LogP contribution in [-0.2, 0) is 0 Å². The van der Waals surface area contributed by atoms with Gasteiger partial charge in [0.05, 0.1) is 11.1 Å².